The van der Waals surface area contributed by atoms with Crippen molar-refractivity contribution in [3.05, 3.63) is 17.3 Å². The second-order valence-corrected chi connectivity index (χ2v) is 6.60. The Morgan fingerprint density at radius 1 is 1.39 bits per heavy atom. The van der Waals surface area contributed by atoms with E-state index in [1.807, 2.05) is 0 Å². The number of pyridine rings is 1. The van der Waals surface area contributed by atoms with Crippen LogP contribution in [0.15, 0.2) is 12.1 Å². The van der Waals surface area contributed by atoms with Crippen LogP contribution < -0.4 is 10.5 Å². The highest BCUT2D eigenvalue weighted by molar-refractivity contribution is 6.29. The van der Waals surface area contributed by atoms with Gasteiger partial charge in [0.2, 0.25) is 5.88 Å². The van der Waals surface area contributed by atoms with Gasteiger partial charge in [-0.3, -0.25) is 0 Å². The van der Waals surface area contributed by atoms with Crippen LogP contribution in [0.5, 0.6) is 5.88 Å². The van der Waals surface area contributed by atoms with Crippen LogP contribution in [-0.2, 0) is 0 Å². The molecule has 1 heterocycles. The fourth-order valence-electron chi connectivity index (χ4n) is 3.07. The third-order valence-electron chi connectivity index (χ3n) is 3.43. The summed E-state index contributed by atoms with van der Waals surface area (Å²) in [5, 5.41) is 0.383. The third kappa shape index (κ3) is 3.52. The lowest BCUT2D eigenvalue weighted by atomic mass is 9.71. The lowest BCUT2D eigenvalue weighted by Gasteiger charge is -2.38. The van der Waals surface area contributed by atoms with Crippen LogP contribution in [0, 0.1) is 11.3 Å². The average molecular weight is 269 g/mol. The van der Waals surface area contributed by atoms with Crippen LogP contribution in [-0.4, -0.2) is 11.1 Å². The molecule has 0 amide bonds. The second kappa shape index (κ2) is 4.96. The smallest absolute Gasteiger partial charge is 0.217 e. The minimum atomic E-state index is 0.203. The van der Waals surface area contributed by atoms with E-state index in [-0.39, 0.29) is 6.10 Å². The Morgan fingerprint density at radius 3 is 2.72 bits per heavy atom. The zero-order chi connectivity index (χ0) is 13.3. The van der Waals surface area contributed by atoms with E-state index in [2.05, 4.69) is 25.8 Å². The predicted molar refractivity (Wildman–Crippen MR) is 74.9 cm³/mol. The van der Waals surface area contributed by atoms with Gasteiger partial charge in [0.15, 0.2) is 0 Å². The van der Waals surface area contributed by atoms with Gasteiger partial charge in [-0.2, -0.15) is 0 Å². The van der Waals surface area contributed by atoms with Gasteiger partial charge in [-0.1, -0.05) is 32.4 Å². The molecule has 18 heavy (non-hydrogen) atoms. The summed E-state index contributed by atoms with van der Waals surface area (Å²) in [5.74, 6) is 1.21. The Morgan fingerprint density at radius 2 is 2.11 bits per heavy atom. The van der Waals surface area contributed by atoms with E-state index in [1.54, 1.807) is 12.1 Å². The quantitative estimate of drug-likeness (QED) is 0.828. The molecule has 2 rings (SSSR count). The normalized spacial score (nSPS) is 26.9. The first kappa shape index (κ1) is 13.5. The highest BCUT2D eigenvalue weighted by Gasteiger charge is 2.33. The van der Waals surface area contributed by atoms with Crippen LogP contribution in [0.25, 0.3) is 0 Å². The molecule has 3 nitrogen and oxygen atoms in total. The molecule has 2 atom stereocenters. The van der Waals surface area contributed by atoms with Gasteiger partial charge in [-0.15, -0.1) is 0 Å². The van der Waals surface area contributed by atoms with Crippen molar-refractivity contribution in [3.8, 4) is 5.88 Å². The van der Waals surface area contributed by atoms with Crippen LogP contribution >= 0.6 is 11.6 Å². The molecule has 4 heteroatoms. The molecular formula is C14H21ClN2O. The molecule has 1 aromatic heterocycles. The molecule has 0 spiro atoms. The molecule has 1 aromatic rings. The Balaban J connectivity index is 2.08. The number of hydrogen-bond donors (Lipinski definition) is 1. The maximum Gasteiger partial charge on any atom is 0.217 e. The van der Waals surface area contributed by atoms with Gasteiger partial charge < -0.3 is 10.5 Å². The van der Waals surface area contributed by atoms with E-state index in [9.17, 15) is 0 Å². The first-order valence-corrected chi connectivity index (χ1v) is 6.81. The van der Waals surface area contributed by atoms with Crippen molar-refractivity contribution in [1.29, 1.82) is 0 Å². The number of anilines is 1. The zero-order valence-electron chi connectivity index (χ0n) is 11.2. The van der Waals surface area contributed by atoms with E-state index in [1.165, 1.54) is 6.42 Å². The molecule has 0 aromatic carbocycles. The SMILES string of the molecule is CC1CC(Oc2cc(N)cc(Cl)n2)CC(C)(C)C1. The van der Waals surface area contributed by atoms with Gasteiger partial charge in [0.25, 0.3) is 0 Å². The number of halogens is 1. The Bertz CT molecular complexity index is 414. The first-order chi connectivity index (χ1) is 8.34. The lowest BCUT2D eigenvalue weighted by Crippen LogP contribution is -2.34. The van der Waals surface area contributed by atoms with Crippen LogP contribution in [0.3, 0.4) is 0 Å². The third-order valence-corrected chi connectivity index (χ3v) is 3.62. The van der Waals surface area contributed by atoms with Gasteiger partial charge in [0.1, 0.15) is 11.3 Å². The largest absolute Gasteiger partial charge is 0.474 e. The maximum absolute atomic E-state index is 5.95. The van der Waals surface area contributed by atoms with E-state index >= 15 is 0 Å². The molecule has 0 radical (unpaired) electrons. The topological polar surface area (TPSA) is 48.1 Å². The summed E-state index contributed by atoms with van der Waals surface area (Å²) >= 11 is 5.88. The van der Waals surface area contributed by atoms with Crippen molar-refractivity contribution in [3.63, 3.8) is 0 Å². The van der Waals surface area contributed by atoms with Gasteiger partial charge >= 0.3 is 0 Å². The lowest BCUT2D eigenvalue weighted by molar-refractivity contribution is 0.0533. The molecule has 1 aliphatic carbocycles. The molecule has 0 bridgehead atoms. The number of nitrogens with two attached hydrogens (primary N) is 1. The van der Waals surface area contributed by atoms with E-state index < -0.39 is 0 Å². The van der Waals surface area contributed by atoms with E-state index in [4.69, 9.17) is 22.1 Å². The molecule has 0 aliphatic heterocycles. The van der Waals surface area contributed by atoms with Gasteiger partial charge in [-0.25, -0.2) is 4.98 Å². The standard InChI is InChI=1S/C14H21ClN2O/c1-9-4-11(8-14(2,3)7-9)18-13-6-10(16)5-12(15)17-13/h5-6,9,11H,4,7-8H2,1-3H3,(H2,16,17). The Labute approximate surface area is 114 Å². The minimum absolute atomic E-state index is 0.203. The molecule has 1 aliphatic rings. The van der Waals surface area contributed by atoms with Crippen molar-refractivity contribution in [2.24, 2.45) is 11.3 Å². The van der Waals surface area contributed by atoms with Gasteiger partial charge in [-0.05, 0) is 36.7 Å². The molecule has 1 fully saturated rings. The number of aromatic nitrogens is 1. The highest BCUT2D eigenvalue weighted by Crippen LogP contribution is 2.39. The van der Waals surface area contributed by atoms with E-state index in [0.717, 1.165) is 12.8 Å². The van der Waals surface area contributed by atoms with Gasteiger partial charge in [0, 0.05) is 11.8 Å². The molecule has 2 N–H and O–H groups in total. The molecule has 0 saturated heterocycles. The summed E-state index contributed by atoms with van der Waals surface area (Å²) in [4.78, 5) is 4.16. The summed E-state index contributed by atoms with van der Waals surface area (Å²) in [6.45, 7) is 6.86. The fourth-order valence-corrected chi connectivity index (χ4v) is 3.28. The minimum Gasteiger partial charge on any atom is -0.474 e. The number of rotatable bonds is 2. The number of nitrogens with zero attached hydrogens (tertiary/aromatic N) is 1. The van der Waals surface area contributed by atoms with Crippen molar-refractivity contribution >= 4 is 17.3 Å². The van der Waals surface area contributed by atoms with Crippen molar-refractivity contribution in [2.75, 3.05) is 5.73 Å². The van der Waals surface area contributed by atoms with Gasteiger partial charge in [0.05, 0.1) is 0 Å². The van der Waals surface area contributed by atoms with Crippen LogP contribution in [0.1, 0.15) is 40.0 Å². The van der Waals surface area contributed by atoms with Crippen molar-refractivity contribution in [2.45, 2.75) is 46.1 Å². The zero-order valence-corrected chi connectivity index (χ0v) is 12.0. The average Bonchev–Trinajstić information content (AvgIpc) is 2.10. The fraction of sp³-hybridized carbons (Fsp3) is 0.643. The summed E-state index contributed by atoms with van der Waals surface area (Å²) in [6, 6.07) is 3.36. The first-order valence-electron chi connectivity index (χ1n) is 6.44. The van der Waals surface area contributed by atoms with Crippen molar-refractivity contribution in [1.82, 2.24) is 4.98 Å². The van der Waals surface area contributed by atoms with E-state index in [0.29, 0.717) is 28.1 Å². The van der Waals surface area contributed by atoms with Crippen molar-refractivity contribution < 1.29 is 4.74 Å². The molecule has 1 saturated carbocycles. The summed E-state index contributed by atoms with van der Waals surface area (Å²) in [7, 11) is 0. The Hall–Kier alpha value is -0.960. The predicted octanol–water partition coefficient (Wildman–Crippen LogP) is 3.91. The number of hydrogen-bond acceptors (Lipinski definition) is 3. The van der Waals surface area contributed by atoms with Crippen LogP contribution in [0.2, 0.25) is 5.15 Å². The van der Waals surface area contributed by atoms with Crippen LogP contribution in [0.4, 0.5) is 5.69 Å². The molecule has 100 valence electrons. The summed E-state index contributed by atoms with van der Waals surface area (Å²) in [5.41, 5.74) is 6.66. The second-order valence-electron chi connectivity index (χ2n) is 6.21. The molecular weight excluding hydrogens is 248 g/mol. The summed E-state index contributed by atoms with van der Waals surface area (Å²) < 4.78 is 5.95. The maximum atomic E-state index is 5.95. The monoisotopic (exact) mass is 268 g/mol. The molecule has 2 unspecified atom stereocenters. The Kier molecular flexibility index (Phi) is 3.71. The highest BCUT2D eigenvalue weighted by atomic mass is 35.5. The number of nitrogen functional groups attached to an aromatic ring is 1. The number of ether oxygens (including phenoxy) is 1. The summed E-state index contributed by atoms with van der Waals surface area (Å²) in [6.07, 6.45) is 3.56.